The Morgan fingerprint density at radius 1 is 1.08 bits per heavy atom. The first-order chi connectivity index (χ1) is 12.3. The number of fused-ring (bicyclic) bond motifs is 1. The summed E-state index contributed by atoms with van der Waals surface area (Å²) in [5, 5.41) is 8.32. The van der Waals surface area contributed by atoms with Crippen LogP contribution in [0.1, 0.15) is 11.3 Å². The maximum absolute atomic E-state index is 5.45. The molecule has 0 saturated heterocycles. The summed E-state index contributed by atoms with van der Waals surface area (Å²) < 4.78 is 12.7. The number of pyridine rings is 1. The Morgan fingerprint density at radius 2 is 1.96 bits per heavy atom. The largest absolute Gasteiger partial charge is 0.493 e. The van der Waals surface area contributed by atoms with Crippen molar-refractivity contribution in [1.29, 1.82) is 0 Å². The second-order valence-corrected chi connectivity index (χ2v) is 5.87. The standard InChI is InChI=1S/C19H20N4O2/c1-24-16-7-6-13(11-17(16)25-2)19-14-12-20-10-8-15(14)23(22-19)18-5-3-4-9-21-18/h3-7,9,11,20H,8,10,12H2,1-2H3. The topological polar surface area (TPSA) is 61.2 Å². The molecule has 0 spiro atoms. The van der Waals surface area contributed by atoms with Crippen LogP contribution in [0.25, 0.3) is 17.1 Å². The van der Waals surface area contributed by atoms with Crippen LogP contribution in [0, 0.1) is 0 Å². The molecule has 128 valence electrons. The van der Waals surface area contributed by atoms with Crippen molar-refractivity contribution in [2.24, 2.45) is 0 Å². The molecular weight excluding hydrogens is 316 g/mol. The van der Waals surface area contributed by atoms with Gasteiger partial charge in [0.15, 0.2) is 17.3 Å². The zero-order valence-electron chi connectivity index (χ0n) is 14.3. The third-order valence-electron chi connectivity index (χ3n) is 4.45. The van der Waals surface area contributed by atoms with Crippen molar-refractivity contribution >= 4 is 0 Å². The molecule has 0 bridgehead atoms. The van der Waals surface area contributed by atoms with E-state index in [1.165, 1.54) is 11.3 Å². The summed E-state index contributed by atoms with van der Waals surface area (Å²) >= 11 is 0. The van der Waals surface area contributed by atoms with Gasteiger partial charge in [0.2, 0.25) is 0 Å². The van der Waals surface area contributed by atoms with E-state index in [0.717, 1.165) is 36.6 Å². The Balaban J connectivity index is 1.87. The van der Waals surface area contributed by atoms with Crippen LogP contribution < -0.4 is 14.8 Å². The van der Waals surface area contributed by atoms with E-state index in [1.807, 2.05) is 41.1 Å². The molecule has 0 saturated carbocycles. The lowest BCUT2D eigenvalue weighted by Gasteiger charge is -2.15. The Labute approximate surface area is 146 Å². The third kappa shape index (κ3) is 2.74. The van der Waals surface area contributed by atoms with Gasteiger partial charge in [-0.2, -0.15) is 5.10 Å². The van der Waals surface area contributed by atoms with Crippen LogP contribution in [-0.2, 0) is 13.0 Å². The molecule has 0 radical (unpaired) electrons. The molecule has 2 aromatic heterocycles. The van der Waals surface area contributed by atoms with Crippen molar-refractivity contribution in [3.63, 3.8) is 0 Å². The highest BCUT2D eigenvalue weighted by Gasteiger charge is 2.23. The first kappa shape index (κ1) is 15.7. The number of rotatable bonds is 4. The Bertz CT molecular complexity index is 890. The van der Waals surface area contributed by atoms with E-state index in [2.05, 4.69) is 10.3 Å². The van der Waals surface area contributed by atoms with Gasteiger partial charge in [0.25, 0.3) is 0 Å². The van der Waals surface area contributed by atoms with Crippen molar-refractivity contribution in [2.45, 2.75) is 13.0 Å². The number of benzene rings is 1. The van der Waals surface area contributed by atoms with Gasteiger partial charge < -0.3 is 14.8 Å². The van der Waals surface area contributed by atoms with E-state index in [9.17, 15) is 0 Å². The Morgan fingerprint density at radius 3 is 2.72 bits per heavy atom. The van der Waals surface area contributed by atoms with Gasteiger partial charge in [0.05, 0.1) is 25.6 Å². The molecule has 6 heteroatoms. The van der Waals surface area contributed by atoms with E-state index in [1.54, 1.807) is 20.4 Å². The van der Waals surface area contributed by atoms with E-state index >= 15 is 0 Å². The van der Waals surface area contributed by atoms with Crippen LogP contribution in [0.5, 0.6) is 11.5 Å². The average molecular weight is 336 g/mol. The SMILES string of the molecule is COc1ccc(-c2nn(-c3ccccn3)c3c2CNCC3)cc1OC. The summed E-state index contributed by atoms with van der Waals surface area (Å²) in [6, 6.07) is 11.8. The number of aromatic nitrogens is 3. The summed E-state index contributed by atoms with van der Waals surface area (Å²) in [5.74, 6) is 2.25. The Hall–Kier alpha value is -2.86. The first-order valence-corrected chi connectivity index (χ1v) is 8.27. The Kier molecular flexibility index (Phi) is 4.11. The van der Waals surface area contributed by atoms with Crippen molar-refractivity contribution in [2.75, 3.05) is 20.8 Å². The zero-order valence-corrected chi connectivity index (χ0v) is 14.3. The second-order valence-electron chi connectivity index (χ2n) is 5.87. The third-order valence-corrected chi connectivity index (χ3v) is 4.45. The van der Waals surface area contributed by atoms with Crippen molar-refractivity contribution < 1.29 is 9.47 Å². The van der Waals surface area contributed by atoms with Gasteiger partial charge in [-0.15, -0.1) is 0 Å². The van der Waals surface area contributed by atoms with Gasteiger partial charge in [0, 0.05) is 36.8 Å². The minimum atomic E-state index is 0.699. The molecule has 0 fully saturated rings. The number of hydrogen-bond acceptors (Lipinski definition) is 5. The zero-order chi connectivity index (χ0) is 17.2. The van der Waals surface area contributed by atoms with Crippen molar-refractivity contribution in [3.05, 3.63) is 53.9 Å². The molecule has 1 aliphatic rings. The van der Waals surface area contributed by atoms with Crippen LogP contribution in [0.3, 0.4) is 0 Å². The van der Waals surface area contributed by atoms with Gasteiger partial charge in [-0.25, -0.2) is 9.67 Å². The second kappa shape index (κ2) is 6.57. The fourth-order valence-corrected chi connectivity index (χ4v) is 3.23. The first-order valence-electron chi connectivity index (χ1n) is 8.27. The van der Waals surface area contributed by atoms with Crippen molar-refractivity contribution in [3.8, 4) is 28.6 Å². The lowest BCUT2D eigenvalue weighted by molar-refractivity contribution is 0.355. The highest BCUT2D eigenvalue weighted by atomic mass is 16.5. The predicted octanol–water partition coefficient (Wildman–Crippen LogP) is 2.60. The van der Waals surface area contributed by atoms with Crippen molar-refractivity contribution in [1.82, 2.24) is 20.1 Å². The molecule has 6 nitrogen and oxygen atoms in total. The summed E-state index contributed by atoms with van der Waals surface area (Å²) in [5.41, 5.74) is 4.38. The minimum Gasteiger partial charge on any atom is -0.493 e. The number of nitrogens with one attached hydrogen (secondary N) is 1. The van der Waals surface area contributed by atoms with Crippen LogP contribution >= 0.6 is 0 Å². The number of methoxy groups -OCH3 is 2. The smallest absolute Gasteiger partial charge is 0.161 e. The van der Waals surface area contributed by atoms with Gasteiger partial charge in [-0.05, 0) is 30.3 Å². The molecule has 1 N–H and O–H groups in total. The molecule has 0 atom stereocenters. The number of ether oxygens (including phenoxy) is 2. The summed E-state index contributed by atoms with van der Waals surface area (Å²) in [6.07, 6.45) is 2.72. The molecule has 1 aromatic carbocycles. The molecular formula is C19H20N4O2. The molecule has 0 amide bonds. The van der Waals surface area contributed by atoms with Crippen LogP contribution in [-0.4, -0.2) is 35.5 Å². The summed E-state index contributed by atoms with van der Waals surface area (Å²) in [6.45, 7) is 1.74. The predicted molar refractivity (Wildman–Crippen MR) is 95.3 cm³/mol. The molecule has 0 unspecified atom stereocenters. The van der Waals surface area contributed by atoms with Gasteiger partial charge in [-0.1, -0.05) is 6.07 Å². The summed E-state index contributed by atoms with van der Waals surface area (Å²) in [7, 11) is 3.28. The number of hydrogen-bond donors (Lipinski definition) is 1. The quantitative estimate of drug-likeness (QED) is 0.793. The molecule has 0 aliphatic carbocycles. The minimum absolute atomic E-state index is 0.699. The van der Waals surface area contributed by atoms with Crippen LogP contribution in [0.4, 0.5) is 0 Å². The lowest BCUT2D eigenvalue weighted by atomic mass is 10.0. The van der Waals surface area contributed by atoms with Gasteiger partial charge in [0.1, 0.15) is 0 Å². The molecule has 1 aliphatic heterocycles. The molecule has 3 aromatic rings. The molecule has 25 heavy (non-hydrogen) atoms. The maximum atomic E-state index is 5.45. The van der Waals surface area contributed by atoms with E-state index in [0.29, 0.717) is 11.5 Å². The summed E-state index contributed by atoms with van der Waals surface area (Å²) in [4.78, 5) is 4.46. The molecule has 4 rings (SSSR count). The average Bonchev–Trinajstić information content (AvgIpc) is 3.08. The van der Waals surface area contributed by atoms with Crippen LogP contribution in [0.2, 0.25) is 0 Å². The highest BCUT2D eigenvalue weighted by molar-refractivity contribution is 5.68. The highest BCUT2D eigenvalue weighted by Crippen LogP contribution is 2.35. The van der Waals surface area contributed by atoms with Crippen LogP contribution in [0.15, 0.2) is 42.6 Å². The lowest BCUT2D eigenvalue weighted by Crippen LogP contribution is -2.24. The fraction of sp³-hybridized carbons (Fsp3) is 0.263. The monoisotopic (exact) mass is 336 g/mol. The van der Waals surface area contributed by atoms with E-state index < -0.39 is 0 Å². The molecule has 3 heterocycles. The van der Waals surface area contributed by atoms with E-state index in [4.69, 9.17) is 14.6 Å². The van der Waals surface area contributed by atoms with E-state index in [-0.39, 0.29) is 0 Å². The maximum Gasteiger partial charge on any atom is 0.161 e. The normalized spacial score (nSPS) is 13.4. The fourth-order valence-electron chi connectivity index (χ4n) is 3.23. The number of nitrogens with zero attached hydrogens (tertiary/aromatic N) is 3. The van der Waals surface area contributed by atoms with Gasteiger partial charge in [-0.3, -0.25) is 0 Å². The van der Waals surface area contributed by atoms with Gasteiger partial charge >= 0.3 is 0 Å².